The summed E-state index contributed by atoms with van der Waals surface area (Å²) in [6.45, 7) is 4.49. The van der Waals surface area contributed by atoms with Crippen molar-refractivity contribution in [2.45, 2.75) is 32.1 Å². The Morgan fingerprint density at radius 2 is 2.00 bits per heavy atom. The van der Waals surface area contributed by atoms with Gasteiger partial charge in [0.25, 0.3) is 11.6 Å². The molecule has 2 N–H and O–H groups in total. The predicted octanol–water partition coefficient (Wildman–Crippen LogP) is 3.94. The van der Waals surface area contributed by atoms with Gasteiger partial charge < -0.3 is 15.2 Å². The van der Waals surface area contributed by atoms with Gasteiger partial charge in [0.05, 0.1) is 17.2 Å². The smallest absolute Gasteiger partial charge is 0.270 e. The van der Waals surface area contributed by atoms with E-state index in [1.807, 2.05) is 32.0 Å². The fourth-order valence-corrected chi connectivity index (χ4v) is 4.01. The summed E-state index contributed by atoms with van der Waals surface area (Å²) in [5, 5.41) is 25.3. The molecular formula is C21H21BrN6O4S. The number of non-ortho nitro benzene ring substituents is 1. The highest BCUT2D eigenvalue weighted by Gasteiger charge is 2.16. The number of nitrogens with one attached hydrogen (secondary N) is 2. The zero-order valence-electron chi connectivity index (χ0n) is 17.9. The van der Waals surface area contributed by atoms with E-state index in [-0.39, 0.29) is 29.5 Å². The summed E-state index contributed by atoms with van der Waals surface area (Å²) < 4.78 is 2.77. The second kappa shape index (κ2) is 11.1. The third kappa shape index (κ3) is 6.39. The van der Waals surface area contributed by atoms with E-state index in [9.17, 15) is 19.7 Å². The summed E-state index contributed by atoms with van der Waals surface area (Å²) >= 11 is 4.67. The Balaban J connectivity index is 1.58. The minimum atomic E-state index is -0.554. The number of nitro benzene ring substituents is 1. The van der Waals surface area contributed by atoms with E-state index >= 15 is 0 Å². The lowest BCUT2D eigenvalue weighted by molar-refractivity contribution is -0.384. The summed E-state index contributed by atoms with van der Waals surface area (Å²) in [6.07, 6.45) is 0. The molecule has 0 aliphatic heterocycles. The van der Waals surface area contributed by atoms with Crippen LogP contribution in [0, 0.1) is 17.0 Å². The highest BCUT2D eigenvalue weighted by atomic mass is 79.9. The van der Waals surface area contributed by atoms with Crippen LogP contribution in [0.1, 0.15) is 28.7 Å². The van der Waals surface area contributed by atoms with Crippen LogP contribution < -0.4 is 10.6 Å². The number of thioether (sulfide) groups is 1. The van der Waals surface area contributed by atoms with Crippen molar-refractivity contribution in [3.05, 3.63) is 74.0 Å². The molecule has 0 spiro atoms. The number of hydrogen-bond donors (Lipinski definition) is 2. The lowest BCUT2D eigenvalue weighted by atomic mass is 10.2. The summed E-state index contributed by atoms with van der Waals surface area (Å²) in [7, 11) is 0. The van der Waals surface area contributed by atoms with Crippen LogP contribution in [0.15, 0.2) is 52.1 Å². The number of carbonyl (C=O) groups excluding carboxylic acids is 2. The van der Waals surface area contributed by atoms with Crippen molar-refractivity contribution >= 4 is 50.9 Å². The van der Waals surface area contributed by atoms with Crippen molar-refractivity contribution in [2.75, 3.05) is 11.1 Å². The first-order valence-corrected chi connectivity index (χ1v) is 11.7. The maximum atomic E-state index is 12.4. The van der Waals surface area contributed by atoms with Gasteiger partial charge in [-0.05, 0) is 43.7 Å². The minimum absolute atomic E-state index is 0.0906. The SMILES string of the molecule is CCn1c(CNC(=O)c2cccc([N+](=O)[O-])c2)nnc1SCC(=O)Nc1ccc(Br)c(C)c1. The second-order valence-electron chi connectivity index (χ2n) is 6.93. The zero-order chi connectivity index (χ0) is 24.0. The first kappa shape index (κ1) is 24.4. The van der Waals surface area contributed by atoms with Gasteiger partial charge in [0.15, 0.2) is 11.0 Å². The number of nitrogens with zero attached hydrogens (tertiary/aromatic N) is 4. The fourth-order valence-electron chi connectivity index (χ4n) is 2.95. The first-order valence-electron chi connectivity index (χ1n) is 9.92. The van der Waals surface area contributed by atoms with Crippen molar-refractivity contribution in [3.8, 4) is 0 Å². The van der Waals surface area contributed by atoms with Crippen LogP contribution in [0.4, 0.5) is 11.4 Å². The van der Waals surface area contributed by atoms with Gasteiger partial charge in [-0.2, -0.15) is 0 Å². The number of aromatic nitrogens is 3. The largest absolute Gasteiger partial charge is 0.345 e. The lowest BCUT2D eigenvalue weighted by Gasteiger charge is -2.09. The maximum absolute atomic E-state index is 12.4. The van der Waals surface area contributed by atoms with Crippen LogP contribution in [0.2, 0.25) is 0 Å². The average Bonchev–Trinajstić information content (AvgIpc) is 3.20. The van der Waals surface area contributed by atoms with Gasteiger partial charge in [0, 0.05) is 34.4 Å². The molecule has 1 aromatic heterocycles. The van der Waals surface area contributed by atoms with Crippen LogP contribution in [-0.2, 0) is 17.9 Å². The third-order valence-corrected chi connectivity index (χ3v) is 6.47. The summed E-state index contributed by atoms with van der Waals surface area (Å²) in [5.74, 6) is 0.0335. The van der Waals surface area contributed by atoms with Gasteiger partial charge in [-0.15, -0.1) is 10.2 Å². The van der Waals surface area contributed by atoms with Gasteiger partial charge >= 0.3 is 0 Å². The molecule has 0 saturated heterocycles. The molecule has 0 aliphatic carbocycles. The van der Waals surface area contributed by atoms with Crippen molar-refractivity contribution in [2.24, 2.45) is 0 Å². The molecule has 0 bridgehead atoms. The van der Waals surface area contributed by atoms with E-state index in [4.69, 9.17) is 0 Å². The Labute approximate surface area is 202 Å². The highest BCUT2D eigenvalue weighted by molar-refractivity contribution is 9.10. The fraction of sp³-hybridized carbons (Fsp3) is 0.238. The van der Waals surface area contributed by atoms with Crippen LogP contribution in [0.3, 0.4) is 0 Å². The van der Waals surface area contributed by atoms with Crippen molar-refractivity contribution in [1.29, 1.82) is 0 Å². The average molecular weight is 533 g/mol. The number of halogens is 1. The Hall–Kier alpha value is -3.25. The highest BCUT2D eigenvalue weighted by Crippen LogP contribution is 2.21. The second-order valence-corrected chi connectivity index (χ2v) is 8.73. The Kier molecular flexibility index (Phi) is 8.17. The van der Waals surface area contributed by atoms with E-state index in [0.717, 1.165) is 10.0 Å². The molecule has 12 heteroatoms. The van der Waals surface area contributed by atoms with E-state index in [0.29, 0.717) is 23.2 Å². The standard InChI is InChI=1S/C21H21BrN6O4S/c1-3-27-18(11-23-20(30)14-5-4-6-16(10-14)28(31)32)25-26-21(27)33-12-19(29)24-15-7-8-17(22)13(2)9-15/h4-10H,3,11-12H2,1-2H3,(H,23,30)(H,24,29). The van der Waals surface area contributed by atoms with Gasteiger partial charge in [0.2, 0.25) is 5.91 Å². The minimum Gasteiger partial charge on any atom is -0.345 e. The number of carbonyl (C=O) groups is 2. The van der Waals surface area contributed by atoms with Gasteiger partial charge in [0.1, 0.15) is 0 Å². The number of amides is 2. The van der Waals surface area contributed by atoms with E-state index in [1.165, 1.54) is 36.0 Å². The number of nitro groups is 1. The molecule has 3 rings (SSSR count). The molecule has 172 valence electrons. The number of aryl methyl sites for hydroxylation is 1. The maximum Gasteiger partial charge on any atom is 0.270 e. The Bertz CT molecular complexity index is 1200. The quantitative estimate of drug-likeness (QED) is 0.242. The Morgan fingerprint density at radius 1 is 1.21 bits per heavy atom. The number of rotatable bonds is 9. The Morgan fingerprint density at radius 3 is 2.70 bits per heavy atom. The van der Waals surface area contributed by atoms with E-state index in [2.05, 4.69) is 36.8 Å². The number of benzene rings is 2. The number of hydrogen-bond acceptors (Lipinski definition) is 7. The van der Waals surface area contributed by atoms with Crippen LogP contribution in [0.25, 0.3) is 0 Å². The monoisotopic (exact) mass is 532 g/mol. The molecule has 0 saturated carbocycles. The van der Waals surface area contributed by atoms with E-state index in [1.54, 1.807) is 4.57 Å². The molecule has 10 nitrogen and oxygen atoms in total. The predicted molar refractivity (Wildman–Crippen MR) is 128 cm³/mol. The van der Waals surface area contributed by atoms with Crippen LogP contribution >= 0.6 is 27.7 Å². The molecule has 3 aromatic rings. The zero-order valence-corrected chi connectivity index (χ0v) is 20.3. The van der Waals surface area contributed by atoms with Gasteiger partial charge in [-0.3, -0.25) is 19.7 Å². The van der Waals surface area contributed by atoms with Crippen LogP contribution in [0.5, 0.6) is 0 Å². The molecule has 33 heavy (non-hydrogen) atoms. The molecule has 2 aromatic carbocycles. The summed E-state index contributed by atoms with van der Waals surface area (Å²) in [4.78, 5) is 35.1. The molecule has 0 atom stereocenters. The molecule has 0 fully saturated rings. The summed E-state index contributed by atoms with van der Waals surface area (Å²) in [5.41, 5.74) is 1.75. The molecular weight excluding hydrogens is 512 g/mol. The molecule has 1 heterocycles. The van der Waals surface area contributed by atoms with Crippen molar-refractivity contribution in [1.82, 2.24) is 20.1 Å². The van der Waals surface area contributed by atoms with Gasteiger partial charge in [-0.25, -0.2) is 0 Å². The molecule has 0 radical (unpaired) electrons. The molecule has 0 unspecified atom stereocenters. The van der Waals surface area contributed by atoms with Gasteiger partial charge in [-0.1, -0.05) is 33.8 Å². The van der Waals surface area contributed by atoms with Crippen LogP contribution in [-0.4, -0.2) is 37.3 Å². The van der Waals surface area contributed by atoms with Crippen molar-refractivity contribution < 1.29 is 14.5 Å². The first-order chi connectivity index (χ1) is 15.8. The lowest BCUT2D eigenvalue weighted by Crippen LogP contribution is -2.25. The molecule has 2 amide bonds. The number of anilines is 1. The third-order valence-electron chi connectivity index (χ3n) is 4.61. The van der Waals surface area contributed by atoms with Crippen molar-refractivity contribution in [3.63, 3.8) is 0 Å². The normalized spacial score (nSPS) is 10.6. The summed E-state index contributed by atoms with van der Waals surface area (Å²) in [6, 6.07) is 11.1. The topological polar surface area (TPSA) is 132 Å². The molecule has 0 aliphatic rings. The van der Waals surface area contributed by atoms with E-state index < -0.39 is 10.8 Å².